The number of ether oxygens (including phenoxy) is 2. The lowest BCUT2D eigenvalue weighted by molar-refractivity contribution is -0.125. The number of benzene rings is 1. The molecule has 1 aromatic carbocycles. The first kappa shape index (κ1) is 23.5. The Balaban J connectivity index is 0.00000364. The van der Waals surface area contributed by atoms with Crippen molar-refractivity contribution in [3.63, 3.8) is 0 Å². The Labute approximate surface area is 167 Å². The van der Waals surface area contributed by atoms with Crippen LogP contribution in [0.5, 0.6) is 11.5 Å². The van der Waals surface area contributed by atoms with Gasteiger partial charge in [0.25, 0.3) is 0 Å². The molecular weight excluding hydrogens is 392 g/mol. The molecule has 1 amide bonds. The zero-order valence-corrected chi connectivity index (χ0v) is 18.1. The largest absolute Gasteiger partial charge is 0.493 e. The van der Waals surface area contributed by atoms with Gasteiger partial charge in [0.05, 0.1) is 20.3 Å². The molecule has 0 aliphatic carbocycles. The van der Waals surface area contributed by atoms with Crippen molar-refractivity contribution in [1.82, 2.24) is 10.6 Å². The molecule has 1 heterocycles. The summed E-state index contributed by atoms with van der Waals surface area (Å²) in [5.74, 6) is 0.732. The lowest BCUT2D eigenvalue weighted by Crippen LogP contribution is -2.57. The minimum Gasteiger partial charge on any atom is -0.493 e. The molecule has 0 saturated carbocycles. The Kier molecular flexibility index (Phi) is 7.95. The molecule has 1 atom stereocenters. The summed E-state index contributed by atoms with van der Waals surface area (Å²) in [6, 6.07) is 3.29. The summed E-state index contributed by atoms with van der Waals surface area (Å²) < 4.78 is 34.0. The average Bonchev–Trinajstić information content (AvgIpc) is 2.60. The molecule has 1 aliphatic heterocycles. The van der Waals surface area contributed by atoms with E-state index in [-0.39, 0.29) is 31.3 Å². The summed E-state index contributed by atoms with van der Waals surface area (Å²) in [7, 11) is -0.431. The van der Waals surface area contributed by atoms with Gasteiger partial charge in [0.1, 0.15) is 0 Å². The fourth-order valence-corrected chi connectivity index (χ4v) is 4.81. The van der Waals surface area contributed by atoms with Crippen LogP contribution in [0.2, 0.25) is 0 Å². The van der Waals surface area contributed by atoms with Gasteiger partial charge in [0, 0.05) is 6.26 Å². The highest BCUT2D eigenvalue weighted by molar-refractivity contribution is 7.92. The molecule has 7 nitrogen and oxygen atoms in total. The fourth-order valence-electron chi connectivity index (χ4n) is 3.47. The molecule has 0 bridgehead atoms. The maximum atomic E-state index is 13.0. The second kappa shape index (κ2) is 9.12. The predicted molar refractivity (Wildman–Crippen MR) is 108 cm³/mol. The monoisotopic (exact) mass is 420 g/mol. The number of nitrogens with one attached hydrogen (secondary N) is 2. The second-order valence-electron chi connectivity index (χ2n) is 6.78. The van der Waals surface area contributed by atoms with E-state index < -0.39 is 20.5 Å². The third-order valence-electron chi connectivity index (χ3n) is 5.12. The number of methoxy groups -OCH3 is 2. The Bertz CT molecular complexity index is 776. The van der Waals surface area contributed by atoms with E-state index in [9.17, 15) is 13.2 Å². The summed E-state index contributed by atoms with van der Waals surface area (Å²) in [5, 5.41) is 6.01. The molecule has 9 heteroatoms. The summed E-state index contributed by atoms with van der Waals surface area (Å²) in [6.07, 6.45) is 1.69. The van der Waals surface area contributed by atoms with Crippen LogP contribution in [0.3, 0.4) is 0 Å². The third kappa shape index (κ3) is 4.67. The van der Waals surface area contributed by atoms with Crippen LogP contribution in [-0.2, 0) is 14.6 Å². The first-order valence-electron chi connectivity index (χ1n) is 8.60. The van der Waals surface area contributed by atoms with E-state index in [2.05, 4.69) is 10.6 Å². The van der Waals surface area contributed by atoms with Crippen LogP contribution in [-0.4, -0.2) is 52.6 Å². The predicted octanol–water partition coefficient (Wildman–Crippen LogP) is 1.78. The molecule has 1 aliphatic rings. The van der Waals surface area contributed by atoms with Crippen molar-refractivity contribution in [3.8, 4) is 11.5 Å². The minimum atomic E-state index is -3.54. The minimum absolute atomic E-state index is 0. The molecule has 2 rings (SSSR count). The quantitative estimate of drug-likeness (QED) is 0.728. The van der Waals surface area contributed by atoms with E-state index in [0.717, 1.165) is 17.4 Å². The Hall–Kier alpha value is -1.51. The maximum absolute atomic E-state index is 13.0. The van der Waals surface area contributed by atoms with Gasteiger partial charge in [-0.2, -0.15) is 0 Å². The molecule has 154 valence electrons. The average molecular weight is 421 g/mol. The van der Waals surface area contributed by atoms with Crippen molar-refractivity contribution in [1.29, 1.82) is 0 Å². The molecule has 1 saturated heterocycles. The van der Waals surface area contributed by atoms with Gasteiger partial charge in [-0.1, -0.05) is 0 Å². The van der Waals surface area contributed by atoms with Crippen molar-refractivity contribution in [2.75, 3.05) is 33.6 Å². The number of piperidine rings is 1. The van der Waals surface area contributed by atoms with Gasteiger partial charge in [-0.05, 0) is 63.0 Å². The number of carbonyl (C=O) groups is 1. The number of hydrogen-bond donors (Lipinski definition) is 2. The van der Waals surface area contributed by atoms with Gasteiger partial charge >= 0.3 is 0 Å². The van der Waals surface area contributed by atoms with Crippen molar-refractivity contribution in [2.45, 2.75) is 37.5 Å². The van der Waals surface area contributed by atoms with Gasteiger partial charge in [0.15, 0.2) is 26.1 Å². The first-order chi connectivity index (χ1) is 12.2. The zero-order valence-electron chi connectivity index (χ0n) is 16.4. The van der Waals surface area contributed by atoms with Crippen molar-refractivity contribution in [3.05, 3.63) is 23.3 Å². The first-order valence-corrected chi connectivity index (χ1v) is 10.5. The van der Waals surface area contributed by atoms with E-state index in [1.165, 1.54) is 0 Å². The zero-order chi connectivity index (χ0) is 19.5. The lowest BCUT2D eigenvalue weighted by atomic mass is 9.94. The smallest absolute Gasteiger partial charge is 0.242 e. The SMILES string of the molecule is COc1cc(C)c(C(C)NC(=O)C2(S(C)(=O)=O)CCNCC2)cc1OC.Cl. The molecular formula is C18H29ClN2O5S. The molecule has 1 aromatic rings. The second-order valence-corrected chi connectivity index (χ2v) is 9.10. The molecule has 0 radical (unpaired) electrons. The lowest BCUT2D eigenvalue weighted by Gasteiger charge is -2.35. The van der Waals surface area contributed by atoms with Crippen LogP contribution in [0.1, 0.15) is 36.9 Å². The van der Waals surface area contributed by atoms with Crippen LogP contribution < -0.4 is 20.1 Å². The molecule has 0 spiro atoms. The van der Waals surface area contributed by atoms with Crippen LogP contribution in [0.15, 0.2) is 12.1 Å². The maximum Gasteiger partial charge on any atom is 0.242 e. The van der Waals surface area contributed by atoms with Gasteiger partial charge in [-0.3, -0.25) is 4.79 Å². The number of rotatable bonds is 6. The topological polar surface area (TPSA) is 93.7 Å². The van der Waals surface area contributed by atoms with E-state index in [1.807, 2.05) is 26.0 Å². The van der Waals surface area contributed by atoms with Crippen LogP contribution in [0.25, 0.3) is 0 Å². The number of hydrogen-bond acceptors (Lipinski definition) is 6. The van der Waals surface area contributed by atoms with Crippen LogP contribution in [0.4, 0.5) is 0 Å². The number of carbonyl (C=O) groups excluding carboxylic acids is 1. The van der Waals surface area contributed by atoms with E-state index in [1.54, 1.807) is 14.2 Å². The van der Waals surface area contributed by atoms with Crippen LogP contribution >= 0.6 is 12.4 Å². The van der Waals surface area contributed by atoms with Crippen LogP contribution in [0, 0.1) is 6.92 Å². The highest BCUT2D eigenvalue weighted by atomic mass is 35.5. The Morgan fingerprint density at radius 1 is 1.19 bits per heavy atom. The Morgan fingerprint density at radius 3 is 2.19 bits per heavy atom. The number of aryl methyl sites for hydroxylation is 1. The summed E-state index contributed by atoms with van der Waals surface area (Å²) in [5.41, 5.74) is 1.78. The van der Waals surface area contributed by atoms with E-state index >= 15 is 0 Å². The summed E-state index contributed by atoms with van der Waals surface area (Å²) in [6.45, 7) is 4.76. The molecule has 2 N–H and O–H groups in total. The number of sulfone groups is 1. The fraction of sp³-hybridized carbons (Fsp3) is 0.611. The normalized spacial score (nSPS) is 17.4. The summed E-state index contributed by atoms with van der Waals surface area (Å²) >= 11 is 0. The molecule has 0 aromatic heterocycles. The number of halogens is 1. The highest BCUT2D eigenvalue weighted by Crippen LogP contribution is 2.34. The van der Waals surface area contributed by atoms with Gasteiger partial charge in [-0.15, -0.1) is 12.4 Å². The van der Waals surface area contributed by atoms with E-state index in [0.29, 0.717) is 24.6 Å². The van der Waals surface area contributed by atoms with Crippen molar-refractivity contribution < 1.29 is 22.7 Å². The molecule has 1 fully saturated rings. The van der Waals surface area contributed by atoms with Gasteiger partial charge in [0.2, 0.25) is 5.91 Å². The Morgan fingerprint density at radius 2 is 1.70 bits per heavy atom. The van der Waals surface area contributed by atoms with E-state index in [4.69, 9.17) is 9.47 Å². The van der Waals surface area contributed by atoms with Crippen molar-refractivity contribution in [2.24, 2.45) is 0 Å². The highest BCUT2D eigenvalue weighted by Gasteiger charge is 2.48. The molecule has 27 heavy (non-hydrogen) atoms. The van der Waals surface area contributed by atoms with Crippen molar-refractivity contribution >= 4 is 28.2 Å². The molecule has 1 unspecified atom stereocenters. The van der Waals surface area contributed by atoms with Gasteiger partial charge in [-0.25, -0.2) is 8.42 Å². The summed E-state index contributed by atoms with van der Waals surface area (Å²) in [4.78, 5) is 13.0. The van der Waals surface area contributed by atoms with Gasteiger partial charge < -0.3 is 20.1 Å². The number of amides is 1. The standard InChI is InChI=1S/C18H28N2O5S.ClH/c1-12-10-15(24-3)16(25-4)11-14(12)13(2)20-17(21)18(26(5,22)23)6-8-19-9-7-18;/h10-11,13,19H,6-9H2,1-5H3,(H,20,21);1H. The third-order valence-corrected chi connectivity index (χ3v) is 7.13.